The molecule has 0 unspecified atom stereocenters. The van der Waals surface area contributed by atoms with Gasteiger partial charge in [-0.05, 0) is 104 Å². The minimum Gasteiger partial charge on any atom is -0.394 e. The van der Waals surface area contributed by atoms with E-state index in [1.54, 1.807) is 0 Å². The average molecular weight is 1080 g/mol. The van der Waals surface area contributed by atoms with Crippen molar-refractivity contribution in [1.29, 1.82) is 0 Å². The van der Waals surface area contributed by atoms with Gasteiger partial charge < -0.3 is 119 Å². The highest BCUT2D eigenvalue weighted by molar-refractivity contribution is 5.15. The summed E-state index contributed by atoms with van der Waals surface area (Å²) in [6.45, 7) is 6.15. The van der Waals surface area contributed by atoms with Crippen LogP contribution in [0.15, 0.2) is 0 Å². The van der Waals surface area contributed by atoms with E-state index in [2.05, 4.69) is 20.8 Å². The molecule has 0 spiro atoms. The third kappa shape index (κ3) is 10.7. The Kier molecular flexibility index (Phi) is 18.1. The van der Waals surface area contributed by atoms with Crippen LogP contribution in [0.2, 0.25) is 0 Å². The first-order valence-electron chi connectivity index (χ1n) is 27.4. The first-order valence-corrected chi connectivity index (χ1v) is 27.4. The van der Waals surface area contributed by atoms with Crippen LogP contribution in [0.4, 0.5) is 0 Å². The summed E-state index contributed by atoms with van der Waals surface area (Å²) in [6.07, 6.45) is -24.3. The zero-order valence-electron chi connectivity index (χ0n) is 43.2. The quantitative estimate of drug-likeness (QED) is 0.0656. The summed E-state index contributed by atoms with van der Waals surface area (Å²) in [5, 5.41) is 159. The lowest BCUT2D eigenvalue weighted by Gasteiger charge is -2.61. The van der Waals surface area contributed by atoms with Crippen molar-refractivity contribution < 1.29 is 119 Å². The predicted molar refractivity (Wildman–Crippen MR) is 252 cm³/mol. The molecule has 0 aromatic carbocycles. The SMILES string of the molecule is C[C@@H](CC[C@@]1(O)O[C@H]2C[C@H]3[C@@H]4CC[C@H]5C[C@@H](O[C@@H]6O[C@H](CO)[C@H](O[C@@H]7O[C@H](CO)[C@@H](O)[C@H](O)[C@H]7O[C@@H]7O[C@H](CO)[C@@H](O)[C@H](O)[C@H]7O)[C@H](O)[C@H]6O)CC[C@]5(C)[C@H]4CC[C@]3(C)[C@H]2[C@@H]1C)CO[C@@H]1O[C@H](CO)[C@@H](O)[C@H](O)[C@H]1O. The van der Waals surface area contributed by atoms with Crippen LogP contribution >= 0.6 is 0 Å². The maximum absolute atomic E-state index is 12.1. The second-order valence-electron chi connectivity index (χ2n) is 24.3. The maximum Gasteiger partial charge on any atom is 0.187 e. The Bertz CT molecular complexity index is 1870. The highest BCUT2D eigenvalue weighted by atomic mass is 16.8. The number of ether oxygens (including phenoxy) is 9. The van der Waals surface area contributed by atoms with E-state index in [9.17, 15) is 76.6 Å². The highest BCUT2D eigenvalue weighted by Crippen LogP contribution is 2.71. The van der Waals surface area contributed by atoms with Gasteiger partial charge >= 0.3 is 0 Å². The van der Waals surface area contributed by atoms with E-state index in [-0.39, 0.29) is 47.4 Å². The molecule has 75 heavy (non-hydrogen) atoms. The van der Waals surface area contributed by atoms with Gasteiger partial charge in [0.2, 0.25) is 0 Å². The number of hydrogen-bond acceptors (Lipinski definition) is 24. The average Bonchev–Trinajstić information content (AvgIpc) is 3.83. The topological polar surface area (TPSA) is 387 Å². The van der Waals surface area contributed by atoms with Gasteiger partial charge in [-0.3, -0.25) is 0 Å². The first-order chi connectivity index (χ1) is 35.5. The molecule has 15 N–H and O–H groups in total. The van der Waals surface area contributed by atoms with Crippen molar-refractivity contribution in [3.8, 4) is 0 Å². The Balaban J connectivity index is 0.784. The van der Waals surface area contributed by atoms with Crippen LogP contribution in [0, 0.1) is 52.3 Å². The molecule has 0 aromatic heterocycles. The number of hydrogen-bond donors (Lipinski definition) is 15. The molecule has 0 amide bonds. The van der Waals surface area contributed by atoms with E-state index in [1.807, 2.05) is 6.92 Å². The van der Waals surface area contributed by atoms with Gasteiger partial charge in [-0.1, -0.05) is 27.7 Å². The lowest BCUT2D eigenvalue weighted by Crippen LogP contribution is -2.67. The second kappa shape index (κ2) is 23.1. The zero-order chi connectivity index (χ0) is 54.2. The lowest BCUT2D eigenvalue weighted by atomic mass is 9.44. The molecular weight excluding hydrogens is 997 g/mol. The van der Waals surface area contributed by atoms with Crippen LogP contribution < -0.4 is 0 Å². The molecule has 9 fully saturated rings. The minimum absolute atomic E-state index is 0.0136. The number of rotatable bonds is 16. The van der Waals surface area contributed by atoms with Gasteiger partial charge in [0.1, 0.15) is 97.7 Å². The molecule has 9 rings (SSSR count). The molecule has 24 heteroatoms. The Labute approximate surface area is 436 Å². The van der Waals surface area contributed by atoms with Crippen molar-refractivity contribution in [2.75, 3.05) is 33.0 Å². The van der Waals surface area contributed by atoms with Crippen molar-refractivity contribution >= 4 is 0 Å². The van der Waals surface area contributed by atoms with Crippen LogP contribution in [0.25, 0.3) is 0 Å². The van der Waals surface area contributed by atoms with Gasteiger partial charge in [-0.2, -0.15) is 0 Å². The van der Waals surface area contributed by atoms with E-state index in [0.717, 1.165) is 38.5 Å². The molecule has 24 nitrogen and oxygen atoms in total. The summed E-state index contributed by atoms with van der Waals surface area (Å²) < 4.78 is 53.5. The summed E-state index contributed by atoms with van der Waals surface area (Å²) in [4.78, 5) is 0. The molecule has 32 atom stereocenters. The fourth-order valence-electron chi connectivity index (χ4n) is 15.6. The Morgan fingerprint density at radius 2 is 1.05 bits per heavy atom. The zero-order valence-corrected chi connectivity index (χ0v) is 43.2. The summed E-state index contributed by atoms with van der Waals surface area (Å²) in [5.41, 5.74) is -0.0140. The van der Waals surface area contributed by atoms with E-state index in [1.165, 1.54) is 0 Å². The number of aliphatic hydroxyl groups is 15. The van der Waals surface area contributed by atoms with E-state index < -0.39 is 155 Å². The van der Waals surface area contributed by atoms with Crippen molar-refractivity contribution in [1.82, 2.24) is 0 Å². The normalized spacial score (nSPS) is 55.4. The molecule has 0 aromatic rings. The summed E-state index contributed by atoms with van der Waals surface area (Å²) in [7, 11) is 0. The fraction of sp³-hybridized carbons (Fsp3) is 1.00. The van der Waals surface area contributed by atoms with Gasteiger partial charge in [0.05, 0.1) is 45.2 Å². The van der Waals surface area contributed by atoms with Crippen molar-refractivity contribution in [3.05, 3.63) is 0 Å². The minimum atomic E-state index is -1.92. The monoisotopic (exact) mass is 1080 g/mol. The highest BCUT2D eigenvalue weighted by Gasteiger charge is 2.68. The van der Waals surface area contributed by atoms with Gasteiger partial charge in [0, 0.05) is 12.3 Å². The fourth-order valence-corrected chi connectivity index (χ4v) is 15.6. The Hall–Kier alpha value is -0.960. The molecular formula is C51H86O24. The summed E-state index contributed by atoms with van der Waals surface area (Å²) in [5.74, 6) is 0.320. The van der Waals surface area contributed by atoms with E-state index >= 15 is 0 Å². The summed E-state index contributed by atoms with van der Waals surface area (Å²) in [6, 6.07) is 0. The maximum atomic E-state index is 12.1. The standard InChI is InChI=1S/C51H86O24/c1-20(19-67-45-40(63)36(59)33(56)28(15-52)69-45)7-12-51(66)21(2)32-27(75-51)14-26-24-6-5-22-13-23(8-10-49(22,3)25(24)9-11-50(26,32)4)68-46-42(65)39(62)43(31(18-55)72-46)73-48-44(38(61)35(58)30(17-54)71-48)74-47-41(64)37(60)34(57)29(16-53)70-47/h20-48,52-66H,5-19H2,1-4H3/t20-,21-,22-,23-,24+,25-,26-,27-,28+,29+,30+,31+,32-,33+,34+,35+,36-,37-,38-,39+,40+,41+,42+,43-,44+,45+,46+,47-,48-,49-,50-,51+/m0/s1. The van der Waals surface area contributed by atoms with Crippen LogP contribution in [-0.2, 0) is 42.6 Å². The van der Waals surface area contributed by atoms with Gasteiger partial charge in [-0.15, -0.1) is 0 Å². The number of aliphatic hydroxyl groups excluding tert-OH is 14. The third-order valence-electron chi connectivity index (χ3n) is 20.1. The molecule has 0 bridgehead atoms. The van der Waals surface area contributed by atoms with Crippen LogP contribution in [0.1, 0.15) is 91.9 Å². The lowest BCUT2D eigenvalue weighted by molar-refractivity contribution is -0.390. The van der Waals surface area contributed by atoms with Crippen LogP contribution in [0.5, 0.6) is 0 Å². The molecule has 5 saturated heterocycles. The second-order valence-corrected chi connectivity index (χ2v) is 24.3. The van der Waals surface area contributed by atoms with Crippen LogP contribution in [-0.4, -0.2) is 250 Å². The van der Waals surface area contributed by atoms with Gasteiger partial charge in [0.15, 0.2) is 30.9 Å². The van der Waals surface area contributed by atoms with Crippen molar-refractivity contribution in [3.63, 3.8) is 0 Å². The van der Waals surface area contributed by atoms with Crippen molar-refractivity contribution in [2.45, 2.75) is 233 Å². The molecule has 5 aliphatic heterocycles. The van der Waals surface area contributed by atoms with Crippen molar-refractivity contribution in [2.24, 2.45) is 52.3 Å². The summed E-state index contributed by atoms with van der Waals surface area (Å²) >= 11 is 0. The molecule has 4 saturated carbocycles. The molecule has 4 aliphatic carbocycles. The Morgan fingerprint density at radius 1 is 0.533 bits per heavy atom. The smallest absolute Gasteiger partial charge is 0.187 e. The molecule has 434 valence electrons. The van der Waals surface area contributed by atoms with Crippen LogP contribution in [0.3, 0.4) is 0 Å². The molecule has 0 radical (unpaired) electrons. The van der Waals surface area contributed by atoms with Gasteiger partial charge in [0.25, 0.3) is 0 Å². The van der Waals surface area contributed by atoms with Gasteiger partial charge in [-0.25, -0.2) is 0 Å². The van der Waals surface area contributed by atoms with E-state index in [4.69, 9.17) is 42.6 Å². The molecule has 5 heterocycles. The largest absolute Gasteiger partial charge is 0.394 e. The van der Waals surface area contributed by atoms with E-state index in [0.29, 0.717) is 49.4 Å². The first kappa shape index (κ1) is 58.7. The molecule has 9 aliphatic rings. The third-order valence-corrected chi connectivity index (χ3v) is 20.1. The Morgan fingerprint density at radius 3 is 1.69 bits per heavy atom. The predicted octanol–water partition coefficient (Wildman–Crippen LogP) is -3.95. The number of fused-ring (bicyclic) bond motifs is 7.